The van der Waals surface area contributed by atoms with Crippen LogP contribution < -0.4 is 10.6 Å². The summed E-state index contributed by atoms with van der Waals surface area (Å²) in [6, 6.07) is 4.23. The second kappa shape index (κ2) is 7.48. The summed E-state index contributed by atoms with van der Waals surface area (Å²) in [7, 11) is 2.03. The Morgan fingerprint density at radius 3 is 2.90 bits per heavy atom. The Balaban J connectivity index is 1.61. The molecule has 1 aromatic heterocycles. The summed E-state index contributed by atoms with van der Waals surface area (Å²) >= 11 is 0. The van der Waals surface area contributed by atoms with Crippen LogP contribution >= 0.6 is 0 Å². The molecular weight excluding hydrogens is 371 g/mol. The average molecular weight is 396 g/mol. The van der Waals surface area contributed by atoms with Gasteiger partial charge in [-0.05, 0) is 70.1 Å². The Hall–Kier alpha value is -2.93. The van der Waals surface area contributed by atoms with Gasteiger partial charge in [0.25, 0.3) is 5.91 Å². The maximum Gasteiger partial charge on any atom is 0.256 e. The molecule has 1 saturated heterocycles. The van der Waals surface area contributed by atoms with Crippen LogP contribution in [0.15, 0.2) is 18.2 Å². The zero-order chi connectivity index (χ0) is 20.7. The number of benzene rings is 1. The van der Waals surface area contributed by atoms with Gasteiger partial charge in [-0.15, -0.1) is 0 Å². The molecule has 1 unspecified atom stereocenters. The first kappa shape index (κ1) is 19.4. The molecule has 0 saturated carbocycles. The Kier molecular flexibility index (Phi) is 5.00. The van der Waals surface area contributed by atoms with E-state index in [1.807, 2.05) is 20.9 Å². The molecule has 0 bridgehead atoms. The lowest BCUT2D eigenvalue weighted by Gasteiger charge is -2.28. The van der Waals surface area contributed by atoms with Crippen LogP contribution in [-0.4, -0.2) is 41.8 Å². The highest BCUT2D eigenvalue weighted by molar-refractivity contribution is 6.34. The van der Waals surface area contributed by atoms with E-state index in [4.69, 9.17) is 0 Å². The molecule has 2 aliphatic heterocycles. The smallest absolute Gasteiger partial charge is 0.256 e. The summed E-state index contributed by atoms with van der Waals surface area (Å²) in [6.45, 7) is 5.57. The zero-order valence-electron chi connectivity index (χ0n) is 16.9. The van der Waals surface area contributed by atoms with E-state index in [1.165, 1.54) is 12.1 Å². The second-order valence-corrected chi connectivity index (χ2v) is 7.96. The molecule has 2 aliphatic rings. The first-order valence-electron chi connectivity index (χ1n) is 9.85. The van der Waals surface area contributed by atoms with Crippen molar-refractivity contribution in [3.05, 3.63) is 46.5 Å². The van der Waals surface area contributed by atoms with Crippen molar-refractivity contribution in [3.63, 3.8) is 0 Å². The summed E-state index contributed by atoms with van der Waals surface area (Å²) in [5, 5.41) is 5.82. The molecule has 2 amide bonds. The number of amides is 2. The number of hydrogen-bond acceptors (Lipinski definition) is 3. The summed E-state index contributed by atoms with van der Waals surface area (Å²) in [6.07, 6.45) is 3.62. The number of nitrogens with zero attached hydrogens (tertiary/aromatic N) is 1. The molecule has 0 aliphatic carbocycles. The standard InChI is InChI=1S/C22H25FN4O2/c1-12-19(10-17-16-9-15(23)6-7-18(16)25-22(17)29)24-13(2)20(12)26-21(28)14-5-4-8-27(3)11-14/h6-7,9-10,14,24H,4-5,8,11H2,1-3H3,(H,25,29)(H,26,28)/b17-10-. The van der Waals surface area contributed by atoms with E-state index >= 15 is 0 Å². The molecule has 6 nitrogen and oxygen atoms in total. The number of anilines is 2. The average Bonchev–Trinajstić information content (AvgIpc) is 3.12. The number of aryl methyl sites for hydroxylation is 1. The van der Waals surface area contributed by atoms with E-state index in [-0.39, 0.29) is 17.7 Å². The third-order valence-electron chi connectivity index (χ3n) is 5.77. The minimum atomic E-state index is -0.393. The van der Waals surface area contributed by atoms with Crippen LogP contribution in [0.3, 0.4) is 0 Å². The normalized spacial score (nSPS) is 20.6. The van der Waals surface area contributed by atoms with Gasteiger partial charge < -0.3 is 20.5 Å². The van der Waals surface area contributed by atoms with Crippen molar-refractivity contribution in [3.8, 4) is 0 Å². The number of fused-ring (bicyclic) bond motifs is 1. The Morgan fingerprint density at radius 1 is 1.34 bits per heavy atom. The lowest BCUT2D eigenvalue weighted by Crippen LogP contribution is -2.38. The largest absolute Gasteiger partial charge is 0.357 e. The number of nitrogens with one attached hydrogen (secondary N) is 3. The van der Waals surface area contributed by atoms with Crippen molar-refractivity contribution in [2.24, 2.45) is 5.92 Å². The van der Waals surface area contributed by atoms with Crippen molar-refractivity contribution in [2.45, 2.75) is 26.7 Å². The number of likely N-dealkylation sites (tertiary alicyclic amines) is 1. The first-order valence-corrected chi connectivity index (χ1v) is 9.85. The van der Waals surface area contributed by atoms with E-state index in [9.17, 15) is 14.0 Å². The van der Waals surface area contributed by atoms with Gasteiger partial charge in [0.15, 0.2) is 0 Å². The van der Waals surface area contributed by atoms with E-state index in [1.54, 1.807) is 12.1 Å². The number of aromatic nitrogens is 1. The molecule has 7 heteroatoms. The van der Waals surface area contributed by atoms with Crippen LogP contribution in [0.4, 0.5) is 15.8 Å². The number of H-pyrrole nitrogens is 1. The molecule has 29 heavy (non-hydrogen) atoms. The van der Waals surface area contributed by atoms with Gasteiger partial charge in [-0.25, -0.2) is 4.39 Å². The molecule has 1 aromatic carbocycles. The van der Waals surface area contributed by atoms with Crippen molar-refractivity contribution >= 4 is 34.8 Å². The fraction of sp³-hybridized carbons (Fsp3) is 0.364. The van der Waals surface area contributed by atoms with Gasteiger partial charge in [0.05, 0.1) is 17.2 Å². The maximum atomic E-state index is 13.7. The van der Waals surface area contributed by atoms with Crippen LogP contribution in [0, 0.1) is 25.6 Å². The van der Waals surface area contributed by atoms with E-state index in [0.29, 0.717) is 16.8 Å². The van der Waals surface area contributed by atoms with Crippen molar-refractivity contribution in [1.29, 1.82) is 0 Å². The van der Waals surface area contributed by atoms with Crippen molar-refractivity contribution in [1.82, 2.24) is 9.88 Å². The fourth-order valence-electron chi connectivity index (χ4n) is 4.16. The predicted molar refractivity (Wildman–Crippen MR) is 112 cm³/mol. The van der Waals surface area contributed by atoms with Gasteiger partial charge in [0.2, 0.25) is 5.91 Å². The minimum Gasteiger partial charge on any atom is -0.357 e. The molecular formula is C22H25FN4O2. The highest BCUT2D eigenvalue weighted by atomic mass is 19.1. The lowest BCUT2D eigenvalue weighted by molar-refractivity contribution is -0.121. The van der Waals surface area contributed by atoms with Crippen molar-refractivity contribution < 1.29 is 14.0 Å². The van der Waals surface area contributed by atoms with Crippen LogP contribution in [0.2, 0.25) is 0 Å². The SMILES string of the molecule is Cc1[nH]c(/C=C2\C(=O)Nc3ccc(F)cc32)c(C)c1NC(=O)C1CCCN(C)C1. The monoisotopic (exact) mass is 396 g/mol. The number of carbonyl (C=O) groups is 2. The predicted octanol–water partition coefficient (Wildman–Crippen LogP) is 3.54. The first-order chi connectivity index (χ1) is 13.8. The number of halogens is 1. The molecule has 4 rings (SSSR count). The van der Waals surface area contributed by atoms with Gasteiger partial charge >= 0.3 is 0 Å². The molecule has 3 heterocycles. The summed E-state index contributed by atoms with van der Waals surface area (Å²) in [4.78, 5) is 30.6. The second-order valence-electron chi connectivity index (χ2n) is 7.96. The molecule has 2 aromatic rings. The Bertz CT molecular complexity index is 1020. The highest BCUT2D eigenvalue weighted by Gasteiger charge is 2.27. The number of piperidine rings is 1. The van der Waals surface area contributed by atoms with Crippen LogP contribution in [0.5, 0.6) is 0 Å². The summed E-state index contributed by atoms with van der Waals surface area (Å²) in [5.41, 5.74) is 4.68. The number of carbonyl (C=O) groups excluding carboxylic acids is 2. The van der Waals surface area contributed by atoms with Gasteiger partial charge in [0, 0.05) is 29.2 Å². The molecule has 3 N–H and O–H groups in total. The lowest BCUT2D eigenvalue weighted by atomic mass is 9.97. The van der Waals surface area contributed by atoms with Gasteiger partial charge in [0.1, 0.15) is 5.82 Å². The molecule has 0 radical (unpaired) electrons. The van der Waals surface area contributed by atoms with Crippen LogP contribution in [0.25, 0.3) is 11.6 Å². The highest BCUT2D eigenvalue weighted by Crippen LogP contribution is 2.35. The fourth-order valence-corrected chi connectivity index (χ4v) is 4.16. The maximum absolute atomic E-state index is 13.7. The molecule has 1 atom stereocenters. The third-order valence-corrected chi connectivity index (χ3v) is 5.77. The minimum absolute atomic E-state index is 0.0204. The molecule has 152 valence electrons. The Morgan fingerprint density at radius 2 is 2.14 bits per heavy atom. The van der Waals surface area contributed by atoms with Gasteiger partial charge in [-0.3, -0.25) is 9.59 Å². The van der Waals surface area contributed by atoms with Crippen molar-refractivity contribution in [2.75, 3.05) is 30.8 Å². The van der Waals surface area contributed by atoms with E-state index in [2.05, 4.69) is 20.5 Å². The third kappa shape index (κ3) is 3.70. The van der Waals surface area contributed by atoms with E-state index < -0.39 is 5.82 Å². The van der Waals surface area contributed by atoms with Gasteiger partial charge in [-0.1, -0.05) is 0 Å². The van der Waals surface area contributed by atoms with E-state index in [0.717, 1.165) is 48.6 Å². The zero-order valence-corrected chi connectivity index (χ0v) is 16.9. The topological polar surface area (TPSA) is 77.2 Å². The quantitative estimate of drug-likeness (QED) is 0.695. The molecule has 1 fully saturated rings. The van der Waals surface area contributed by atoms with Gasteiger partial charge in [-0.2, -0.15) is 0 Å². The number of aromatic amines is 1. The Labute approximate surface area is 169 Å². The molecule has 0 spiro atoms. The van der Waals surface area contributed by atoms with Crippen LogP contribution in [0.1, 0.15) is 35.4 Å². The summed E-state index contributed by atoms with van der Waals surface area (Å²) in [5.74, 6) is -0.671. The van der Waals surface area contributed by atoms with Crippen LogP contribution in [-0.2, 0) is 9.59 Å². The number of rotatable bonds is 3. The number of hydrogen-bond donors (Lipinski definition) is 3. The summed E-state index contributed by atoms with van der Waals surface area (Å²) < 4.78 is 13.7.